The van der Waals surface area contributed by atoms with E-state index in [1.807, 2.05) is 24.3 Å². The van der Waals surface area contributed by atoms with E-state index in [2.05, 4.69) is 27.6 Å². The highest BCUT2D eigenvalue weighted by Crippen LogP contribution is 2.12. The monoisotopic (exact) mass is 334 g/mol. The zero-order chi connectivity index (χ0) is 16.3. The van der Waals surface area contributed by atoms with E-state index < -0.39 is 0 Å². The largest absolute Gasteiger partial charge is 0.494 e. The number of rotatable bonds is 8. The van der Waals surface area contributed by atoms with Gasteiger partial charge in [0.1, 0.15) is 5.75 Å². The van der Waals surface area contributed by atoms with E-state index in [1.54, 1.807) is 6.21 Å². The zero-order valence-corrected chi connectivity index (χ0v) is 14.4. The first kappa shape index (κ1) is 17.7. The van der Waals surface area contributed by atoms with Crippen LogP contribution in [0.5, 0.6) is 5.75 Å². The van der Waals surface area contributed by atoms with Crippen LogP contribution in [0, 0.1) is 0 Å². The summed E-state index contributed by atoms with van der Waals surface area (Å²) in [6, 6.07) is 7.81. The summed E-state index contributed by atoms with van der Waals surface area (Å²) in [5.74, 6) is 0.891. The topological polar surface area (TPSA) is 62.9 Å². The molecule has 1 fully saturated rings. The van der Waals surface area contributed by atoms with Crippen molar-refractivity contribution >= 4 is 23.5 Å². The van der Waals surface area contributed by atoms with Gasteiger partial charge in [0.05, 0.1) is 12.8 Å². The smallest absolute Gasteiger partial charge is 0.184 e. The van der Waals surface area contributed by atoms with Gasteiger partial charge in [-0.15, -0.1) is 0 Å². The molecule has 0 radical (unpaired) electrons. The maximum atomic E-state index is 5.77. The quantitative estimate of drug-likeness (QED) is 0.331. The van der Waals surface area contributed by atoms with Gasteiger partial charge >= 0.3 is 0 Å². The molecule has 0 atom stereocenters. The summed E-state index contributed by atoms with van der Waals surface area (Å²) in [6.45, 7) is 4.51. The molecule has 0 amide bonds. The van der Waals surface area contributed by atoms with Gasteiger partial charge in [-0.2, -0.15) is 5.10 Å². The van der Waals surface area contributed by atoms with E-state index in [-0.39, 0.29) is 5.11 Å². The van der Waals surface area contributed by atoms with Gasteiger partial charge in [0, 0.05) is 0 Å². The molecule has 0 saturated carbocycles. The fraction of sp³-hybridized carbons (Fsp3) is 0.529. The minimum absolute atomic E-state index is 0.158. The van der Waals surface area contributed by atoms with E-state index in [0.717, 1.165) is 24.3 Å². The van der Waals surface area contributed by atoms with Crippen LogP contribution in [-0.2, 0) is 0 Å². The molecule has 126 valence electrons. The van der Waals surface area contributed by atoms with Crippen LogP contribution >= 0.6 is 12.2 Å². The first-order valence-corrected chi connectivity index (χ1v) is 8.68. The summed E-state index contributed by atoms with van der Waals surface area (Å²) in [5.41, 5.74) is 8.78. The molecule has 5 nitrogen and oxygen atoms in total. The third-order valence-corrected chi connectivity index (χ3v) is 3.95. The van der Waals surface area contributed by atoms with Crippen LogP contribution < -0.4 is 15.9 Å². The summed E-state index contributed by atoms with van der Waals surface area (Å²) in [5, 5.41) is 4.07. The van der Waals surface area contributed by atoms with Crippen LogP contribution in [0.2, 0.25) is 0 Å². The van der Waals surface area contributed by atoms with E-state index >= 15 is 0 Å². The molecule has 2 rings (SSSR count). The van der Waals surface area contributed by atoms with Crippen molar-refractivity contribution < 1.29 is 4.74 Å². The summed E-state index contributed by atoms with van der Waals surface area (Å²) in [4.78, 5) is 2.57. The van der Waals surface area contributed by atoms with Gasteiger partial charge in [0.15, 0.2) is 5.11 Å². The number of unbranched alkanes of at least 4 members (excludes halogenated alkanes) is 1. The molecule has 1 heterocycles. The lowest BCUT2D eigenvalue weighted by molar-refractivity contribution is 0.216. The number of hydrazone groups is 1. The van der Waals surface area contributed by atoms with Crippen molar-refractivity contribution in [2.24, 2.45) is 10.8 Å². The van der Waals surface area contributed by atoms with Crippen molar-refractivity contribution in [3.8, 4) is 5.75 Å². The molecule has 1 aliphatic heterocycles. The number of ether oxygens (including phenoxy) is 1. The van der Waals surface area contributed by atoms with Crippen molar-refractivity contribution in [1.29, 1.82) is 0 Å². The fourth-order valence-corrected chi connectivity index (χ4v) is 2.68. The SMILES string of the molecule is NC(=S)NN=Cc1ccc(OCCCCN2CCCCC2)cc1. The van der Waals surface area contributed by atoms with Gasteiger partial charge in [-0.25, -0.2) is 0 Å². The molecule has 23 heavy (non-hydrogen) atoms. The van der Waals surface area contributed by atoms with Crippen LogP contribution in [0.3, 0.4) is 0 Å². The summed E-state index contributed by atoms with van der Waals surface area (Å²) in [6.07, 6.45) is 8.08. The Hall–Kier alpha value is -1.66. The molecule has 0 aromatic heterocycles. The van der Waals surface area contributed by atoms with Crippen molar-refractivity contribution in [2.75, 3.05) is 26.2 Å². The Kier molecular flexibility index (Phi) is 7.83. The minimum Gasteiger partial charge on any atom is -0.494 e. The predicted octanol–water partition coefficient (Wildman–Crippen LogP) is 2.50. The van der Waals surface area contributed by atoms with Gasteiger partial charge in [0.25, 0.3) is 0 Å². The van der Waals surface area contributed by atoms with E-state index in [0.29, 0.717) is 0 Å². The minimum atomic E-state index is 0.158. The van der Waals surface area contributed by atoms with Crippen molar-refractivity contribution in [3.63, 3.8) is 0 Å². The van der Waals surface area contributed by atoms with Crippen molar-refractivity contribution in [2.45, 2.75) is 32.1 Å². The average molecular weight is 334 g/mol. The number of likely N-dealkylation sites (tertiary alicyclic amines) is 1. The molecule has 1 aliphatic rings. The molecule has 0 unspecified atom stereocenters. The molecular formula is C17H26N4OS. The van der Waals surface area contributed by atoms with Crippen molar-refractivity contribution in [1.82, 2.24) is 10.3 Å². The first-order valence-electron chi connectivity index (χ1n) is 8.28. The summed E-state index contributed by atoms with van der Waals surface area (Å²) < 4.78 is 5.77. The Morgan fingerprint density at radius 1 is 1.22 bits per heavy atom. The zero-order valence-electron chi connectivity index (χ0n) is 13.5. The normalized spacial score (nSPS) is 15.7. The third-order valence-electron chi connectivity index (χ3n) is 3.85. The Bertz CT molecular complexity index is 498. The molecule has 0 bridgehead atoms. The van der Waals surface area contributed by atoms with E-state index in [1.165, 1.54) is 45.3 Å². The Morgan fingerprint density at radius 3 is 2.65 bits per heavy atom. The third kappa shape index (κ3) is 7.43. The Labute approximate surface area is 143 Å². The van der Waals surface area contributed by atoms with Crippen LogP contribution in [0.15, 0.2) is 29.4 Å². The summed E-state index contributed by atoms with van der Waals surface area (Å²) in [7, 11) is 0. The number of thiocarbonyl (C=S) groups is 1. The second-order valence-corrected chi connectivity index (χ2v) is 6.20. The molecule has 0 aliphatic carbocycles. The maximum absolute atomic E-state index is 5.77. The predicted molar refractivity (Wildman–Crippen MR) is 99.0 cm³/mol. The lowest BCUT2D eigenvalue weighted by atomic mass is 10.1. The van der Waals surface area contributed by atoms with Gasteiger partial charge in [-0.05, 0) is 87.4 Å². The fourth-order valence-electron chi connectivity index (χ4n) is 2.63. The highest BCUT2D eigenvalue weighted by atomic mass is 32.1. The molecule has 1 aromatic carbocycles. The standard InChI is InChI=1S/C17H26N4OS/c18-17(23)20-19-14-15-6-8-16(9-7-15)22-13-5-4-12-21-10-2-1-3-11-21/h6-9,14H,1-5,10-13H2,(H3,18,20,23). The molecule has 1 aromatic rings. The molecule has 6 heteroatoms. The number of nitrogens with one attached hydrogen (secondary N) is 1. The number of hydrogen-bond acceptors (Lipinski definition) is 4. The van der Waals surface area contributed by atoms with Crippen molar-refractivity contribution in [3.05, 3.63) is 29.8 Å². The molecule has 1 saturated heterocycles. The van der Waals surface area contributed by atoms with Gasteiger partial charge in [-0.1, -0.05) is 6.42 Å². The Morgan fingerprint density at radius 2 is 1.96 bits per heavy atom. The maximum Gasteiger partial charge on any atom is 0.184 e. The van der Waals surface area contributed by atoms with Crippen LogP contribution in [0.4, 0.5) is 0 Å². The van der Waals surface area contributed by atoms with Gasteiger partial charge in [-0.3, -0.25) is 5.43 Å². The second kappa shape index (κ2) is 10.2. The highest BCUT2D eigenvalue weighted by Gasteiger charge is 2.08. The lowest BCUT2D eigenvalue weighted by Crippen LogP contribution is -2.30. The first-order chi connectivity index (χ1) is 11.2. The molecule has 3 N–H and O–H groups in total. The Balaban J connectivity index is 1.60. The van der Waals surface area contributed by atoms with Crippen LogP contribution in [0.25, 0.3) is 0 Å². The number of nitrogens with zero attached hydrogens (tertiary/aromatic N) is 2. The van der Waals surface area contributed by atoms with Gasteiger partial charge < -0.3 is 15.4 Å². The van der Waals surface area contributed by atoms with Crippen LogP contribution in [-0.4, -0.2) is 42.5 Å². The summed E-state index contributed by atoms with van der Waals surface area (Å²) >= 11 is 4.67. The van der Waals surface area contributed by atoms with E-state index in [4.69, 9.17) is 10.5 Å². The van der Waals surface area contributed by atoms with Crippen LogP contribution in [0.1, 0.15) is 37.7 Å². The number of nitrogens with two attached hydrogens (primary N) is 1. The van der Waals surface area contributed by atoms with E-state index in [9.17, 15) is 0 Å². The average Bonchev–Trinajstić information content (AvgIpc) is 2.56. The lowest BCUT2D eigenvalue weighted by Gasteiger charge is -2.26. The number of hydrogen-bond donors (Lipinski definition) is 2. The number of piperidine rings is 1. The van der Waals surface area contributed by atoms with Gasteiger partial charge in [0.2, 0.25) is 0 Å². The second-order valence-electron chi connectivity index (χ2n) is 5.76. The molecular weight excluding hydrogens is 308 g/mol. The molecule has 0 spiro atoms. The highest BCUT2D eigenvalue weighted by molar-refractivity contribution is 7.80. The number of benzene rings is 1.